The molecule has 1 aliphatic heterocycles. The van der Waals surface area contributed by atoms with E-state index in [0.717, 1.165) is 30.4 Å². The van der Waals surface area contributed by atoms with Crippen molar-refractivity contribution in [3.05, 3.63) is 69.8 Å². The zero-order valence-corrected chi connectivity index (χ0v) is 17.5. The minimum Gasteiger partial charge on any atom is -0.343 e. The van der Waals surface area contributed by atoms with Gasteiger partial charge in [-0.25, -0.2) is 0 Å². The lowest BCUT2D eigenvalue weighted by Gasteiger charge is -2.31. The van der Waals surface area contributed by atoms with E-state index >= 15 is 0 Å². The van der Waals surface area contributed by atoms with Crippen LogP contribution >= 0.6 is 0 Å². The molecular formula is C25H31NO2. The van der Waals surface area contributed by atoms with E-state index in [4.69, 9.17) is 0 Å². The van der Waals surface area contributed by atoms with Crippen molar-refractivity contribution >= 4 is 11.7 Å². The molecule has 1 aliphatic rings. The van der Waals surface area contributed by atoms with Gasteiger partial charge in [-0.1, -0.05) is 47.5 Å². The van der Waals surface area contributed by atoms with E-state index in [-0.39, 0.29) is 17.6 Å². The Morgan fingerprint density at radius 1 is 0.893 bits per heavy atom. The van der Waals surface area contributed by atoms with Crippen LogP contribution in [0.4, 0.5) is 0 Å². The molecule has 1 saturated heterocycles. The summed E-state index contributed by atoms with van der Waals surface area (Å²) in [7, 11) is 0. The Balaban J connectivity index is 1.53. The molecule has 3 rings (SSSR count). The number of aryl methyl sites for hydroxylation is 5. The average molecular weight is 378 g/mol. The van der Waals surface area contributed by atoms with Gasteiger partial charge in [0.15, 0.2) is 5.78 Å². The summed E-state index contributed by atoms with van der Waals surface area (Å²) in [5, 5.41) is 0. The van der Waals surface area contributed by atoms with Crippen LogP contribution in [0.15, 0.2) is 36.4 Å². The quantitative estimate of drug-likeness (QED) is 0.690. The fourth-order valence-electron chi connectivity index (χ4n) is 4.23. The van der Waals surface area contributed by atoms with E-state index in [1.54, 1.807) is 0 Å². The second kappa shape index (κ2) is 8.72. The highest BCUT2D eigenvalue weighted by Crippen LogP contribution is 2.24. The molecule has 28 heavy (non-hydrogen) atoms. The minimum absolute atomic E-state index is 0.0322. The van der Waals surface area contributed by atoms with Crippen LogP contribution in [0.25, 0.3) is 0 Å². The van der Waals surface area contributed by atoms with Crippen LogP contribution in [0.3, 0.4) is 0 Å². The largest absolute Gasteiger partial charge is 0.343 e. The third-order valence-electron chi connectivity index (χ3n) is 5.97. The number of carbonyl (C=O) groups excluding carboxylic acids is 2. The number of carbonyl (C=O) groups is 2. The Morgan fingerprint density at radius 3 is 2.11 bits per heavy atom. The van der Waals surface area contributed by atoms with Gasteiger partial charge >= 0.3 is 0 Å². The molecule has 0 aromatic heterocycles. The van der Waals surface area contributed by atoms with E-state index in [2.05, 4.69) is 38.1 Å². The monoisotopic (exact) mass is 377 g/mol. The first-order chi connectivity index (χ1) is 13.3. The smallest absolute Gasteiger partial charge is 0.222 e. The maximum atomic E-state index is 12.9. The Kier molecular flexibility index (Phi) is 6.33. The molecule has 0 N–H and O–H groups in total. The van der Waals surface area contributed by atoms with Crippen molar-refractivity contribution < 1.29 is 9.59 Å². The Labute approximate surface area is 168 Å². The Bertz CT molecular complexity index is 876. The van der Waals surface area contributed by atoms with Crippen LogP contribution in [0.2, 0.25) is 0 Å². The van der Waals surface area contributed by atoms with Crippen LogP contribution < -0.4 is 0 Å². The third-order valence-corrected chi connectivity index (χ3v) is 5.97. The predicted molar refractivity (Wildman–Crippen MR) is 114 cm³/mol. The second-order valence-electron chi connectivity index (χ2n) is 8.27. The van der Waals surface area contributed by atoms with E-state index in [9.17, 15) is 9.59 Å². The second-order valence-corrected chi connectivity index (χ2v) is 8.27. The minimum atomic E-state index is 0.0322. The number of hydrogen-bond acceptors (Lipinski definition) is 2. The zero-order valence-electron chi connectivity index (χ0n) is 17.5. The van der Waals surface area contributed by atoms with E-state index < -0.39 is 0 Å². The molecule has 0 bridgehead atoms. The molecule has 3 heteroatoms. The van der Waals surface area contributed by atoms with Crippen molar-refractivity contribution in [1.29, 1.82) is 0 Å². The van der Waals surface area contributed by atoms with Crippen LogP contribution in [0, 0.1) is 33.6 Å². The molecule has 1 fully saturated rings. The molecule has 148 valence electrons. The van der Waals surface area contributed by atoms with Crippen molar-refractivity contribution in [2.45, 2.75) is 53.4 Å². The highest BCUT2D eigenvalue weighted by molar-refractivity contribution is 5.99. The lowest BCUT2D eigenvalue weighted by atomic mass is 9.87. The summed E-state index contributed by atoms with van der Waals surface area (Å²) in [5.41, 5.74) is 6.83. The molecule has 0 aliphatic carbocycles. The highest BCUT2D eigenvalue weighted by atomic mass is 16.2. The fourth-order valence-corrected chi connectivity index (χ4v) is 4.23. The van der Waals surface area contributed by atoms with Gasteiger partial charge in [0.05, 0.1) is 0 Å². The molecule has 2 aromatic carbocycles. The van der Waals surface area contributed by atoms with Crippen molar-refractivity contribution in [1.82, 2.24) is 4.90 Å². The molecule has 1 heterocycles. The van der Waals surface area contributed by atoms with Crippen molar-refractivity contribution in [3.63, 3.8) is 0 Å². The number of likely N-dealkylation sites (tertiary alicyclic amines) is 1. The number of amides is 1. The summed E-state index contributed by atoms with van der Waals surface area (Å²) in [6, 6.07) is 12.4. The molecule has 0 saturated carbocycles. The first-order valence-electron chi connectivity index (χ1n) is 10.3. The molecule has 3 nitrogen and oxygen atoms in total. The standard InChI is InChI=1S/C25H31NO2/c1-17-5-7-21(19(3)15-17)8-10-24(27)26-13-11-22(12-14-26)25(28)23-9-6-18(2)16-20(23)4/h5-7,9,15-16,22H,8,10-14H2,1-4H3. The molecule has 1 amide bonds. The summed E-state index contributed by atoms with van der Waals surface area (Å²) in [5.74, 6) is 0.474. The molecule has 0 unspecified atom stereocenters. The number of Topliss-reactive ketones (excluding diaryl/α,β-unsaturated/α-hetero) is 1. The molecule has 0 radical (unpaired) electrons. The number of hydrogen-bond donors (Lipinski definition) is 0. The van der Waals surface area contributed by atoms with Gasteiger partial charge in [0, 0.05) is 31.0 Å². The summed E-state index contributed by atoms with van der Waals surface area (Å²) in [4.78, 5) is 27.4. The lowest BCUT2D eigenvalue weighted by Crippen LogP contribution is -2.40. The number of benzene rings is 2. The van der Waals surface area contributed by atoms with Gasteiger partial charge in [-0.2, -0.15) is 0 Å². The lowest BCUT2D eigenvalue weighted by molar-refractivity contribution is -0.132. The maximum Gasteiger partial charge on any atom is 0.222 e. The number of ketones is 1. The molecular weight excluding hydrogens is 346 g/mol. The van der Waals surface area contributed by atoms with Gasteiger partial charge in [-0.15, -0.1) is 0 Å². The van der Waals surface area contributed by atoms with Crippen LogP contribution in [0.5, 0.6) is 0 Å². The molecule has 0 spiro atoms. The van der Waals surface area contributed by atoms with Crippen LogP contribution in [-0.4, -0.2) is 29.7 Å². The van der Waals surface area contributed by atoms with Crippen molar-refractivity contribution in [2.24, 2.45) is 5.92 Å². The molecule has 0 atom stereocenters. The van der Waals surface area contributed by atoms with E-state index in [1.165, 1.54) is 22.3 Å². The fraction of sp³-hybridized carbons (Fsp3) is 0.440. The van der Waals surface area contributed by atoms with Gasteiger partial charge in [-0.3, -0.25) is 9.59 Å². The van der Waals surface area contributed by atoms with Crippen LogP contribution in [-0.2, 0) is 11.2 Å². The topological polar surface area (TPSA) is 37.4 Å². The van der Waals surface area contributed by atoms with Crippen LogP contribution in [0.1, 0.15) is 57.4 Å². The Hall–Kier alpha value is -2.42. The molecule has 2 aromatic rings. The van der Waals surface area contributed by atoms with Crippen molar-refractivity contribution in [2.75, 3.05) is 13.1 Å². The number of nitrogens with zero attached hydrogens (tertiary/aromatic N) is 1. The van der Waals surface area contributed by atoms with Gasteiger partial charge in [0.25, 0.3) is 0 Å². The SMILES string of the molecule is Cc1ccc(CCC(=O)N2CCC(C(=O)c3ccc(C)cc3C)CC2)c(C)c1. The van der Waals surface area contributed by atoms with Gasteiger partial charge < -0.3 is 4.90 Å². The Morgan fingerprint density at radius 2 is 1.50 bits per heavy atom. The van der Waals surface area contributed by atoms with Gasteiger partial charge in [0.2, 0.25) is 5.91 Å². The normalized spacial score (nSPS) is 14.9. The van der Waals surface area contributed by atoms with E-state index in [1.807, 2.05) is 30.9 Å². The van der Waals surface area contributed by atoms with Gasteiger partial charge in [0.1, 0.15) is 0 Å². The summed E-state index contributed by atoms with van der Waals surface area (Å²) >= 11 is 0. The highest BCUT2D eigenvalue weighted by Gasteiger charge is 2.28. The summed E-state index contributed by atoms with van der Waals surface area (Å²) in [6.07, 6.45) is 2.86. The zero-order chi connectivity index (χ0) is 20.3. The number of rotatable bonds is 5. The maximum absolute atomic E-state index is 12.9. The number of piperidine rings is 1. The first kappa shape index (κ1) is 20.3. The van der Waals surface area contributed by atoms with Crippen molar-refractivity contribution in [3.8, 4) is 0 Å². The van der Waals surface area contributed by atoms with E-state index in [0.29, 0.717) is 19.5 Å². The first-order valence-corrected chi connectivity index (χ1v) is 10.3. The predicted octanol–water partition coefficient (Wildman–Crippen LogP) is 4.97. The average Bonchev–Trinajstić information content (AvgIpc) is 2.67. The summed E-state index contributed by atoms with van der Waals surface area (Å²) < 4.78 is 0. The third kappa shape index (κ3) is 4.70. The van der Waals surface area contributed by atoms with Gasteiger partial charge in [-0.05, 0) is 63.6 Å². The summed E-state index contributed by atoms with van der Waals surface area (Å²) in [6.45, 7) is 9.62.